The molecule has 4 heteroatoms. The van der Waals surface area contributed by atoms with Gasteiger partial charge in [0, 0.05) is 25.6 Å². The van der Waals surface area contributed by atoms with Crippen molar-refractivity contribution in [1.29, 1.82) is 0 Å². The summed E-state index contributed by atoms with van der Waals surface area (Å²) >= 11 is 0. The van der Waals surface area contributed by atoms with E-state index in [-0.39, 0.29) is 18.3 Å². The van der Waals surface area contributed by atoms with E-state index in [1.165, 1.54) is 30.4 Å². The first-order chi connectivity index (χ1) is 10.5. The van der Waals surface area contributed by atoms with Gasteiger partial charge >= 0.3 is 0 Å². The van der Waals surface area contributed by atoms with Gasteiger partial charge in [-0.25, -0.2) is 0 Å². The minimum absolute atomic E-state index is 0. The minimum atomic E-state index is 0. The van der Waals surface area contributed by atoms with E-state index in [2.05, 4.69) is 31.2 Å². The van der Waals surface area contributed by atoms with Crippen LogP contribution in [0, 0.1) is 24.7 Å². The number of hydrogen-bond donors (Lipinski definition) is 1. The highest BCUT2D eigenvalue weighted by Gasteiger charge is 2.41. The Bertz CT molecular complexity index is 534. The maximum absolute atomic E-state index is 12.8. The molecule has 2 aliphatic rings. The summed E-state index contributed by atoms with van der Waals surface area (Å²) in [5.41, 5.74) is 8.80. The molecule has 3 rings (SSSR count). The number of nitrogens with zero attached hydrogens (tertiary/aromatic N) is 1. The zero-order valence-corrected chi connectivity index (χ0v) is 15.0. The second-order valence-corrected chi connectivity index (χ2v) is 7.38. The van der Waals surface area contributed by atoms with Gasteiger partial charge in [-0.1, -0.05) is 36.2 Å². The van der Waals surface area contributed by atoms with E-state index in [1.807, 2.05) is 11.9 Å². The first-order valence-corrected chi connectivity index (χ1v) is 8.60. The fourth-order valence-electron chi connectivity index (χ4n) is 4.46. The van der Waals surface area contributed by atoms with Crippen LogP contribution < -0.4 is 5.73 Å². The number of halogens is 1. The van der Waals surface area contributed by atoms with Crippen molar-refractivity contribution in [1.82, 2.24) is 4.90 Å². The average Bonchev–Trinajstić information content (AvgIpc) is 2.46. The van der Waals surface area contributed by atoms with E-state index < -0.39 is 0 Å². The molecule has 0 aromatic heterocycles. The Hall–Kier alpha value is -1.06. The van der Waals surface area contributed by atoms with Crippen LogP contribution >= 0.6 is 12.4 Å². The molecular formula is C19H29ClN2O. The van der Waals surface area contributed by atoms with Crippen LogP contribution in [0.3, 0.4) is 0 Å². The maximum Gasteiger partial charge on any atom is 0.225 e. The number of nitrogens with two attached hydrogens (primary N) is 1. The summed E-state index contributed by atoms with van der Waals surface area (Å²) in [4.78, 5) is 14.7. The Balaban J connectivity index is 0.00000192. The Morgan fingerprint density at radius 3 is 2.52 bits per heavy atom. The highest BCUT2D eigenvalue weighted by molar-refractivity contribution is 5.85. The zero-order chi connectivity index (χ0) is 15.7. The lowest BCUT2D eigenvalue weighted by Gasteiger charge is -2.44. The summed E-state index contributed by atoms with van der Waals surface area (Å²) in [6.07, 6.45) is 5.71. The molecule has 128 valence electrons. The molecule has 23 heavy (non-hydrogen) atoms. The SMILES string of the molecule is Cc1cccc(CN(C)C(=O)C2CC3CCCC(C2)C3N)c1.Cl. The Kier molecular flexibility index (Phi) is 6.10. The Morgan fingerprint density at radius 2 is 1.91 bits per heavy atom. The van der Waals surface area contributed by atoms with Gasteiger partial charge in [0.25, 0.3) is 0 Å². The van der Waals surface area contributed by atoms with Gasteiger partial charge in [0.2, 0.25) is 5.91 Å². The van der Waals surface area contributed by atoms with Gasteiger partial charge in [-0.15, -0.1) is 12.4 Å². The molecule has 2 atom stereocenters. The fraction of sp³-hybridized carbons (Fsp3) is 0.632. The predicted octanol–water partition coefficient (Wildman–Crippen LogP) is 3.53. The largest absolute Gasteiger partial charge is 0.341 e. The van der Waals surface area contributed by atoms with E-state index in [1.54, 1.807) is 0 Å². The van der Waals surface area contributed by atoms with Crippen LogP contribution in [0.25, 0.3) is 0 Å². The molecule has 2 fully saturated rings. The first-order valence-electron chi connectivity index (χ1n) is 8.60. The lowest BCUT2D eigenvalue weighted by molar-refractivity contribution is -0.137. The third kappa shape index (κ3) is 4.07. The van der Waals surface area contributed by atoms with Crippen LogP contribution in [0.15, 0.2) is 24.3 Å². The second kappa shape index (κ2) is 7.67. The predicted molar refractivity (Wildman–Crippen MR) is 96.4 cm³/mol. The number of carbonyl (C=O) groups excluding carboxylic acids is 1. The molecule has 2 N–H and O–H groups in total. The molecule has 0 saturated heterocycles. The van der Waals surface area contributed by atoms with Gasteiger partial charge < -0.3 is 10.6 Å². The van der Waals surface area contributed by atoms with Crippen LogP contribution in [0.2, 0.25) is 0 Å². The Labute approximate surface area is 146 Å². The summed E-state index contributed by atoms with van der Waals surface area (Å²) in [6, 6.07) is 8.75. The van der Waals surface area contributed by atoms with E-state index >= 15 is 0 Å². The molecule has 0 heterocycles. The summed E-state index contributed by atoms with van der Waals surface area (Å²) < 4.78 is 0. The lowest BCUT2D eigenvalue weighted by atomic mass is 9.65. The molecule has 2 aliphatic carbocycles. The summed E-state index contributed by atoms with van der Waals surface area (Å²) in [5, 5.41) is 0. The molecule has 2 bridgehead atoms. The normalized spacial score (nSPS) is 29.5. The van der Waals surface area contributed by atoms with Gasteiger partial charge in [-0.05, 0) is 50.0 Å². The minimum Gasteiger partial charge on any atom is -0.341 e. The van der Waals surface area contributed by atoms with Crippen LogP contribution in [0.4, 0.5) is 0 Å². The van der Waals surface area contributed by atoms with Crippen LogP contribution in [-0.4, -0.2) is 23.9 Å². The molecule has 2 saturated carbocycles. The third-order valence-corrected chi connectivity index (χ3v) is 5.64. The molecular weight excluding hydrogens is 308 g/mol. The fourth-order valence-corrected chi connectivity index (χ4v) is 4.46. The number of fused-ring (bicyclic) bond motifs is 2. The number of amides is 1. The molecule has 1 aromatic rings. The van der Waals surface area contributed by atoms with Crippen molar-refractivity contribution in [3.8, 4) is 0 Å². The van der Waals surface area contributed by atoms with E-state index in [9.17, 15) is 4.79 Å². The van der Waals surface area contributed by atoms with Crippen molar-refractivity contribution in [2.45, 2.75) is 51.6 Å². The van der Waals surface area contributed by atoms with Gasteiger partial charge in [0.1, 0.15) is 0 Å². The van der Waals surface area contributed by atoms with E-state index in [0.29, 0.717) is 30.3 Å². The topological polar surface area (TPSA) is 46.3 Å². The summed E-state index contributed by atoms with van der Waals surface area (Å²) in [6.45, 7) is 2.80. The van der Waals surface area contributed by atoms with Crippen molar-refractivity contribution in [2.75, 3.05) is 7.05 Å². The third-order valence-electron chi connectivity index (χ3n) is 5.64. The number of benzene rings is 1. The highest BCUT2D eigenvalue weighted by Crippen LogP contribution is 2.42. The van der Waals surface area contributed by atoms with Crippen LogP contribution in [-0.2, 0) is 11.3 Å². The van der Waals surface area contributed by atoms with Gasteiger partial charge in [0.05, 0.1) is 0 Å². The van der Waals surface area contributed by atoms with Crippen LogP contribution in [0.5, 0.6) is 0 Å². The van der Waals surface area contributed by atoms with Gasteiger partial charge in [-0.3, -0.25) is 4.79 Å². The molecule has 3 nitrogen and oxygen atoms in total. The molecule has 0 aliphatic heterocycles. The van der Waals surface area contributed by atoms with Crippen LogP contribution in [0.1, 0.15) is 43.2 Å². The molecule has 0 radical (unpaired) electrons. The standard InChI is InChI=1S/C19H28N2O.ClH/c1-13-5-3-6-14(9-13)12-21(2)19(22)17-10-15-7-4-8-16(11-17)18(15)20;/h3,5-6,9,15-18H,4,7-8,10-12,20H2,1-2H3;1H. The lowest BCUT2D eigenvalue weighted by Crippen LogP contribution is -2.49. The van der Waals surface area contributed by atoms with E-state index in [4.69, 9.17) is 5.73 Å². The van der Waals surface area contributed by atoms with Crippen molar-refractivity contribution >= 4 is 18.3 Å². The monoisotopic (exact) mass is 336 g/mol. The Morgan fingerprint density at radius 1 is 1.26 bits per heavy atom. The zero-order valence-electron chi connectivity index (χ0n) is 14.2. The molecule has 2 unspecified atom stereocenters. The molecule has 1 aromatic carbocycles. The number of rotatable bonds is 3. The first kappa shape index (κ1) is 18.3. The average molecular weight is 337 g/mol. The highest BCUT2D eigenvalue weighted by atomic mass is 35.5. The second-order valence-electron chi connectivity index (χ2n) is 7.38. The summed E-state index contributed by atoms with van der Waals surface area (Å²) in [5.74, 6) is 1.62. The van der Waals surface area contributed by atoms with Crippen molar-refractivity contribution in [3.63, 3.8) is 0 Å². The quantitative estimate of drug-likeness (QED) is 0.917. The van der Waals surface area contributed by atoms with Crippen molar-refractivity contribution < 1.29 is 4.79 Å². The number of hydrogen-bond acceptors (Lipinski definition) is 2. The van der Waals surface area contributed by atoms with Gasteiger partial charge in [-0.2, -0.15) is 0 Å². The smallest absolute Gasteiger partial charge is 0.225 e. The summed E-state index contributed by atoms with van der Waals surface area (Å²) in [7, 11) is 1.94. The molecule has 1 amide bonds. The van der Waals surface area contributed by atoms with Crippen molar-refractivity contribution in [2.24, 2.45) is 23.5 Å². The molecule has 0 spiro atoms. The van der Waals surface area contributed by atoms with E-state index in [0.717, 1.165) is 12.8 Å². The number of carbonyl (C=O) groups is 1. The maximum atomic E-state index is 12.8. The van der Waals surface area contributed by atoms with Crippen molar-refractivity contribution in [3.05, 3.63) is 35.4 Å². The van der Waals surface area contributed by atoms with Gasteiger partial charge in [0.15, 0.2) is 0 Å². The number of aryl methyl sites for hydroxylation is 1.